The number of aliphatic carboxylic acids is 1. The Morgan fingerprint density at radius 1 is 1.46 bits per heavy atom. The van der Waals surface area contributed by atoms with Crippen molar-refractivity contribution in [1.82, 2.24) is 0 Å². The zero-order valence-corrected chi connectivity index (χ0v) is 8.59. The number of nitrogens with two attached hydrogens (primary N) is 1. The van der Waals surface area contributed by atoms with Crippen molar-refractivity contribution in [3.8, 4) is 0 Å². The van der Waals surface area contributed by atoms with E-state index in [9.17, 15) is 4.79 Å². The van der Waals surface area contributed by atoms with E-state index in [0.717, 1.165) is 17.9 Å². The number of aliphatic hydroxyl groups is 1. The molecule has 4 N–H and O–H groups in total. The summed E-state index contributed by atoms with van der Waals surface area (Å²) >= 11 is 1.62. The first-order chi connectivity index (χ1) is 6.04. The van der Waals surface area contributed by atoms with Crippen LogP contribution in [-0.4, -0.2) is 39.8 Å². The van der Waals surface area contributed by atoms with Gasteiger partial charge in [0, 0.05) is 0 Å². The van der Waals surface area contributed by atoms with Gasteiger partial charge in [0.2, 0.25) is 0 Å². The Morgan fingerprint density at radius 3 is 2.46 bits per heavy atom. The minimum absolute atomic E-state index is 0.277. The molecule has 0 aliphatic heterocycles. The van der Waals surface area contributed by atoms with Crippen molar-refractivity contribution in [1.29, 1.82) is 0 Å². The summed E-state index contributed by atoms with van der Waals surface area (Å²) in [7, 11) is 0. The molecule has 0 spiro atoms. The third-order valence-corrected chi connectivity index (χ3v) is 2.62. The molecular weight excluding hydrogens is 190 g/mol. The summed E-state index contributed by atoms with van der Waals surface area (Å²) in [6.07, 6.45) is 0.952. The molecule has 0 aromatic heterocycles. The molecule has 0 aliphatic carbocycles. The van der Waals surface area contributed by atoms with Gasteiger partial charge in [-0.05, 0) is 31.3 Å². The molecule has 13 heavy (non-hydrogen) atoms. The molecule has 0 saturated heterocycles. The molecule has 0 fully saturated rings. The molecule has 5 heteroatoms. The maximum Gasteiger partial charge on any atom is 0.320 e. The van der Waals surface area contributed by atoms with Gasteiger partial charge < -0.3 is 15.9 Å². The van der Waals surface area contributed by atoms with Crippen molar-refractivity contribution >= 4 is 17.7 Å². The topological polar surface area (TPSA) is 83.5 Å². The van der Waals surface area contributed by atoms with Gasteiger partial charge in [0.05, 0.1) is 6.10 Å². The van der Waals surface area contributed by atoms with Crippen molar-refractivity contribution in [3.63, 3.8) is 0 Å². The highest BCUT2D eigenvalue weighted by atomic mass is 32.2. The van der Waals surface area contributed by atoms with Crippen LogP contribution in [0.25, 0.3) is 0 Å². The Kier molecular flexibility index (Phi) is 7.03. The van der Waals surface area contributed by atoms with E-state index in [0.29, 0.717) is 6.42 Å². The second kappa shape index (κ2) is 7.17. The molecule has 2 unspecified atom stereocenters. The molecule has 4 nitrogen and oxygen atoms in total. The lowest BCUT2D eigenvalue weighted by Crippen LogP contribution is -2.30. The van der Waals surface area contributed by atoms with Gasteiger partial charge in [-0.25, -0.2) is 0 Å². The van der Waals surface area contributed by atoms with E-state index in [1.807, 2.05) is 0 Å². The highest BCUT2D eigenvalue weighted by Crippen LogP contribution is 2.07. The van der Waals surface area contributed by atoms with Crippen molar-refractivity contribution in [2.75, 3.05) is 11.5 Å². The van der Waals surface area contributed by atoms with Gasteiger partial charge >= 0.3 is 5.97 Å². The quantitative estimate of drug-likeness (QED) is 0.523. The fraction of sp³-hybridized carbons (Fsp3) is 0.875. The van der Waals surface area contributed by atoms with Gasteiger partial charge in [0.1, 0.15) is 6.04 Å². The summed E-state index contributed by atoms with van der Waals surface area (Å²) in [6.45, 7) is 1.74. The van der Waals surface area contributed by atoms with Crippen LogP contribution in [0, 0.1) is 0 Å². The number of hydrogen-bond donors (Lipinski definition) is 3. The standard InChI is InChI=1S/C8H17NO3S/c1-6(10)2-4-13-5-3-7(9)8(11)12/h6-7,10H,2-5,9H2,1H3,(H,11,12). The number of aliphatic hydroxyl groups excluding tert-OH is 1. The summed E-state index contributed by atoms with van der Waals surface area (Å²) in [6, 6.07) is -0.751. The zero-order chi connectivity index (χ0) is 10.3. The summed E-state index contributed by atoms with van der Waals surface area (Å²) in [5.41, 5.74) is 5.30. The molecule has 0 aliphatic rings. The van der Waals surface area contributed by atoms with Crippen molar-refractivity contribution in [2.24, 2.45) is 5.73 Å². The van der Waals surface area contributed by atoms with Gasteiger partial charge in [-0.1, -0.05) is 0 Å². The molecule has 0 aromatic rings. The number of rotatable bonds is 7. The number of thioether (sulfide) groups is 1. The van der Waals surface area contributed by atoms with E-state index >= 15 is 0 Å². The molecule has 0 bridgehead atoms. The normalized spacial score (nSPS) is 15.3. The Morgan fingerprint density at radius 2 is 2.00 bits per heavy atom. The average Bonchev–Trinajstić information content (AvgIpc) is 2.02. The summed E-state index contributed by atoms with van der Waals surface area (Å²) in [4.78, 5) is 10.3. The number of carboxylic acid groups (broad SMARTS) is 1. The lowest BCUT2D eigenvalue weighted by molar-refractivity contribution is -0.138. The smallest absolute Gasteiger partial charge is 0.320 e. The molecule has 0 saturated carbocycles. The van der Waals surface area contributed by atoms with Crippen LogP contribution in [0.4, 0.5) is 0 Å². The van der Waals surface area contributed by atoms with Crippen LogP contribution in [0.3, 0.4) is 0 Å². The third kappa shape index (κ3) is 8.08. The van der Waals surface area contributed by atoms with Crippen molar-refractivity contribution < 1.29 is 15.0 Å². The Bertz CT molecular complexity index is 152. The fourth-order valence-corrected chi connectivity index (χ4v) is 1.82. The van der Waals surface area contributed by atoms with Crippen LogP contribution in [0.2, 0.25) is 0 Å². The van der Waals surface area contributed by atoms with E-state index < -0.39 is 12.0 Å². The number of carbonyl (C=O) groups is 1. The highest BCUT2D eigenvalue weighted by molar-refractivity contribution is 7.99. The fourth-order valence-electron chi connectivity index (χ4n) is 0.690. The SMILES string of the molecule is CC(O)CCSCCC(N)C(=O)O. The Balaban J connectivity index is 3.21. The van der Waals surface area contributed by atoms with Crippen LogP contribution < -0.4 is 5.73 Å². The second-order valence-corrected chi connectivity index (χ2v) is 4.21. The van der Waals surface area contributed by atoms with Gasteiger partial charge in [-0.15, -0.1) is 0 Å². The van der Waals surface area contributed by atoms with Gasteiger partial charge in [-0.2, -0.15) is 11.8 Å². The monoisotopic (exact) mass is 207 g/mol. The van der Waals surface area contributed by atoms with Crippen LogP contribution in [-0.2, 0) is 4.79 Å². The molecule has 0 rings (SSSR count). The summed E-state index contributed by atoms with van der Waals surface area (Å²) in [5.74, 6) is 0.639. The maximum absolute atomic E-state index is 10.3. The Labute approximate surface area is 82.5 Å². The lowest BCUT2D eigenvalue weighted by atomic mass is 10.2. The molecule has 0 radical (unpaired) electrons. The molecule has 0 heterocycles. The van der Waals surface area contributed by atoms with Crippen LogP contribution in [0.5, 0.6) is 0 Å². The first kappa shape index (κ1) is 12.7. The molecule has 0 aromatic carbocycles. The lowest BCUT2D eigenvalue weighted by Gasteiger charge is -2.06. The number of carboxylic acids is 1. The summed E-state index contributed by atoms with van der Waals surface area (Å²) < 4.78 is 0. The first-order valence-electron chi connectivity index (χ1n) is 4.28. The third-order valence-electron chi connectivity index (χ3n) is 1.57. The summed E-state index contributed by atoms with van der Waals surface area (Å²) in [5, 5.41) is 17.4. The van der Waals surface area contributed by atoms with E-state index in [1.165, 1.54) is 0 Å². The molecule has 2 atom stereocenters. The van der Waals surface area contributed by atoms with Crippen LogP contribution >= 0.6 is 11.8 Å². The van der Waals surface area contributed by atoms with Gasteiger partial charge in [-0.3, -0.25) is 4.79 Å². The van der Waals surface area contributed by atoms with Crippen LogP contribution in [0.1, 0.15) is 19.8 Å². The van der Waals surface area contributed by atoms with E-state index in [-0.39, 0.29) is 6.10 Å². The largest absolute Gasteiger partial charge is 0.480 e. The first-order valence-corrected chi connectivity index (χ1v) is 5.43. The maximum atomic E-state index is 10.3. The second-order valence-electron chi connectivity index (χ2n) is 2.98. The molecule has 0 amide bonds. The minimum Gasteiger partial charge on any atom is -0.480 e. The minimum atomic E-state index is -0.948. The van der Waals surface area contributed by atoms with Crippen LogP contribution in [0.15, 0.2) is 0 Å². The van der Waals surface area contributed by atoms with Gasteiger partial charge in [0.25, 0.3) is 0 Å². The highest BCUT2D eigenvalue weighted by Gasteiger charge is 2.10. The predicted octanol–water partition coefficient (Wildman–Crippen LogP) is 0.292. The van der Waals surface area contributed by atoms with Gasteiger partial charge in [0.15, 0.2) is 0 Å². The van der Waals surface area contributed by atoms with E-state index in [1.54, 1.807) is 18.7 Å². The van der Waals surface area contributed by atoms with E-state index in [4.69, 9.17) is 15.9 Å². The van der Waals surface area contributed by atoms with Crippen molar-refractivity contribution in [3.05, 3.63) is 0 Å². The van der Waals surface area contributed by atoms with E-state index in [2.05, 4.69) is 0 Å². The zero-order valence-electron chi connectivity index (χ0n) is 7.77. The Hall–Kier alpha value is -0.260. The van der Waals surface area contributed by atoms with Crippen molar-refractivity contribution in [2.45, 2.75) is 31.9 Å². The molecular formula is C8H17NO3S. The average molecular weight is 207 g/mol. The number of hydrogen-bond acceptors (Lipinski definition) is 4. The predicted molar refractivity (Wildman–Crippen MR) is 53.9 cm³/mol. The molecule has 78 valence electrons.